The van der Waals surface area contributed by atoms with Crippen LogP contribution in [0, 0.1) is 11.3 Å². The van der Waals surface area contributed by atoms with Gasteiger partial charge in [0.2, 0.25) is 0 Å². The summed E-state index contributed by atoms with van der Waals surface area (Å²) in [5.74, 6) is 0. The Morgan fingerprint density at radius 2 is 1.06 bits per heavy atom. The molecule has 0 heterocycles. The van der Waals surface area contributed by atoms with E-state index in [1.165, 1.54) is 45.4 Å². The van der Waals surface area contributed by atoms with E-state index in [1.54, 1.807) is 19.4 Å². The average Bonchev–Trinajstić information content (AvgIpc) is 2.29. The van der Waals surface area contributed by atoms with Gasteiger partial charge >= 0.3 is 92.4 Å². The van der Waals surface area contributed by atoms with Crippen molar-refractivity contribution in [3.8, 4) is 6.07 Å². The monoisotopic (exact) mass is 333 g/mol. The van der Waals surface area contributed by atoms with Crippen molar-refractivity contribution < 1.29 is 0 Å². The minimum absolute atomic E-state index is 0.967. The van der Waals surface area contributed by atoms with Gasteiger partial charge in [-0.15, -0.1) is 0 Å². The summed E-state index contributed by atoms with van der Waals surface area (Å²) >= 11 is -0.967. The van der Waals surface area contributed by atoms with Crippen LogP contribution in [0.15, 0.2) is 0 Å². The summed E-state index contributed by atoms with van der Waals surface area (Å²) in [6.07, 6.45) is 8.87. The summed E-state index contributed by atoms with van der Waals surface area (Å²) in [4.78, 5) is 0. The molecule has 0 N–H and O–H groups in total. The van der Waals surface area contributed by atoms with E-state index >= 15 is 0 Å². The molecule has 0 atom stereocenters. The summed E-state index contributed by atoms with van der Waals surface area (Å²) in [6.45, 7) is 8.44. The Morgan fingerprint density at radius 3 is 1.25 bits per heavy atom. The maximum atomic E-state index is 7.32. The van der Waals surface area contributed by atoms with Crippen LogP contribution in [0.25, 0.3) is 0 Å². The summed E-state index contributed by atoms with van der Waals surface area (Å²) in [5.41, 5.74) is 0. The van der Waals surface area contributed by atoms with E-state index in [9.17, 15) is 0 Å². The molecule has 0 saturated heterocycles. The second kappa shape index (κ2) is 17.7. The number of rotatable bonds is 9. The zero-order chi connectivity index (χ0) is 12.6. The fourth-order valence-electron chi connectivity index (χ4n) is 1.91. The number of hydrogen-bond acceptors (Lipinski definition) is 1. The molecular formula is C14H31NSn. The number of nitrogens with zero attached hydrogens (tertiary/aromatic N) is 1. The van der Waals surface area contributed by atoms with Crippen LogP contribution in [0.2, 0.25) is 13.3 Å². The van der Waals surface area contributed by atoms with Crippen LogP contribution >= 0.6 is 0 Å². The second-order valence-corrected chi connectivity index (χ2v) is 14.4. The van der Waals surface area contributed by atoms with Gasteiger partial charge < -0.3 is 0 Å². The van der Waals surface area contributed by atoms with E-state index in [0.29, 0.717) is 0 Å². The average molecular weight is 332 g/mol. The summed E-state index contributed by atoms with van der Waals surface area (Å²) in [7, 11) is 0. The molecule has 0 aliphatic carbocycles. The van der Waals surface area contributed by atoms with E-state index in [-0.39, 0.29) is 0 Å². The Labute approximate surface area is 110 Å². The Hall–Kier alpha value is 0.289. The molecule has 0 spiro atoms. The molecule has 2 heteroatoms. The van der Waals surface area contributed by atoms with Crippen molar-refractivity contribution in [2.45, 2.75) is 79.5 Å². The molecular weight excluding hydrogens is 301 g/mol. The molecule has 0 rings (SSSR count). The van der Waals surface area contributed by atoms with Crippen LogP contribution in [0.3, 0.4) is 0 Å². The van der Waals surface area contributed by atoms with Crippen molar-refractivity contribution in [2.24, 2.45) is 0 Å². The molecule has 0 aliphatic rings. The van der Waals surface area contributed by atoms with Gasteiger partial charge in [0.1, 0.15) is 0 Å². The summed E-state index contributed by atoms with van der Waals surface area (Å²) < 4.78 is 5.08. The van der Waals surface area contributed by atoms with Gasteiger partial charge in [-0.3, -0.25) is 0 Å². The van der Waals surface area contributed by atoms with Crippen LogP contribution in [0.4, 0.5) is 0 Å². The predicted molar refractivity (Wildman–Crippen MR) is 77.6 cm³/mol. The van der Waals surface area contributed by atoms with Crippen molar-refractivity contribution in [1.29, 1.82) is 5.26 Å². The molecule has 96 valence electrons. The zero-order valence-electron chi connectivity index (χ0n) is 11.9. The Kier molecular flexibility index (Phi) is 20.6. The Bertz CT molecular complexity index is 132. The van der Waals surface area contributed by atoms with Crippen LogP contribution < -0.4 is 0 Å². The molecule has 0 aromatic heterocycles. The third-order valence-electron chi connectivity index (χ3n) is 2.90. The molecule has 0 unspecified atom stereocenters. The van der Waals surface area contributed by atoms with Crippen LogP contribution in [0.1, 0.15) is 66.2 Å². The molecule has 16 heavy (non-hydrogen) atoms. The normalized spacial score (nSPS) is 9.50. The van der Waals surface area contributed by atoms with Gasteiger partial charge in [0.05, 0.1) is 6.07 Å². The first-order chi connectivity index (χ1) is 7.76. The predicted octanol–water partition coefficient (Wildman–Crippen LogP) is 5.14. The third kappa shape index (κ3) is 16.7. The molecule has 0 saturated carbocycles. The summed E-state index contributed by atoms with van der Waals surface area (Å²) in [6, 6.07) is 1.75. The first-order valence-corrected chi connectivity index (χ1v) is 14.1. The van der Waals surface area contributed by atoms with Crippen LogP contribution in [0.5, 0.6) is 0 Å². The third-order valence-corrected chi connectivity index (χ3v) is 13.4. The summed E-state index contributed by atoms with van der Waals surface area (Å²) in [5, 5.41) is 7.32. The zero-order valence-corrected chi connectivity index (χ0v) is 15.2. The first-order valence-electron chi connectivity index (χ1n) is 7.07. The topological polar surface area (TPSA) is 23.8 Å². The van der Waals surface area contributed by atoms with Crippen LogP contribution in [-0.4, -0.2) is 19.8 Å². The van der Waals surface area contributed by atoms with Gasteiger partial charge in [-0.05, 0) is 0 Å². The van der Waals surface area contributed by atoms with Crippen LogP contribution in [-0.2, 0) is 0 Å². The van der Waals surface area contributed by atoms with Gasteiger partial charge in [0.25, 0.3) is 0 Å². The Balaban J connectivity index is 0. The number of nitriles is 1. The number of hydrogen-bond donors (Lipinski definition) is 0. The van der Waals surface area contributed by atoms with Gasteiger partial charge in [0, 0.05) is 6.92 Å². The molecule has 0 aliphatic heterocycles. The molecule has 0 amide bonds. The van der Waals surface area contributed by atoms with Gasteiger partial charge in [0.15, 0.2) is 0 Å². The molecule has 0 fully saturated rings. The van der Waals surface area contributed by atoms with Crippen molar-refractivity contribution in [3.63, 3.8) is 0 Å². The molecule has 0 bridgehead atoms. The van der Waals surface area contributed by atoms with E-state index in [1.807, 2.05) is 0 Å². The second-order valence-electron chi connectivity index (χ2n) is 4.52. The minimum atomic E-state index is -0.967. The van der Waals surface area contributed by atoms with Gasteiger partial charge in [-0.2, -0.15) is 5.26 Å². The van der Waals surface area contributed by atoms with E-state index < -0.39 is 19.8 Å². The van der Waals surface area contributed by atoms with E-state index in [0.717, 1.165) is 0 Å². The quantitative estimate of drug-likeness (QED) is 0.536. The molecule has 0 aromatic rings. The van der Waals surface area contributed by atoms with Gasteiger partial charge in [-0.25, -0.2) is 0 Å². The molecule has 0 aromatic carbocycles. The SMILES string of the molecule is CC#N.CCC[CH2][SnH]([CH2]CCC)[CH2]CCC. The van der Waals surface area contributed by atoms with Crippen molar-refractivity contribution in [2.75, 3.05) is 0 Å². The van der Waals surface area contributed by atoms with Crippen molar-refractivity contribution in [1.82, 2.24) is 0 Å². The maximum absolute atomic E-state index is 7.32. The van der Waals surface area contributed by atoms with Gasteiger partial charge in [-0.1, -0.05) is 0 Å². The Morgan fingerprint density at radius 1 is 0.812 bits per heavy atom. The van der Waals surface area contributed by atoms with Crippen molar-refractivity contribution in [3.05, 3.63) is 0 Å². The molecule has 1 nitrogen and oxygen atoms in total. The van der Waals surface area contributed by atoms with Crippen molar-refractivity contribution >= 4 is 19.8 Å². The van der Waals surface area contributed by atoms with E-state index in [2.05, 4.69) is 20.8 Å². The number of unbranched alkanes of at least 4 members (excludes halogenated alkanes) is 3. The first kappa shape index (κ1) is 18.6. The fraction of sp³-hybridized carbons (Fsp3) is 0.929. The standard InChI is InChI=1S/3C4H9.C2H3N.Sn.H/c3*1-3-4-2;1-2-3;;/h3*1,3-4H2,2H3;1H3;;. The fourth-order valence-corrected chi connectivity index (χ4v) is 12.8. The van der Waals surface area contributed by atoms with E-state index in [4.69, 9.17) is 5.26 Å². The molecule has 0 radical (unpaired) electrons.